The van der Waals surface area contributed by atoms with E-state index in [2.05, 4.69) is 12.2 Å². The maximum Gasteiger partial charge on any atom is 0.263 e. The number of thiophene rings is 1. The summed E-state index contributed by atoms with van der Waals surface area (Å²) in [7, 11) is -3.10. The summed E-state index contributed by atoms with van der Waals surface area (Å²) < 4.78 is 25.4. The van der Waals surface area contributed by atoms with Crippen LogP contribution in [0.15, 0.2) is 9.95 Å². The molecule has 1 fully saturated rings. The number of aryl methyl sites for hydroxylation is 2. The highest BCUT2D eigenvalue weighted by molar-refractivity contribution is 7.99. The van der Waals surface area contributed by atoms with Gasteiger partial charge in [-0.1, -0.05) is 31.5 Å². The zero-order chi connectivity index (χ0) is 22.9. The Morgan fingerprint density at radius 1 is 1.28 bits per heavy atom. The van der Waals surface area contributed by atoms with E-state index in [9.17, 15) is 18.0 Å². The fourth-order valence-corrected chi connectivity index (χ4v) is 8.88. The number of rotatable bonds is 8. The summed E-state index contributed by atoms with van der Waals surface area (Å²) in [6.45, 7) is 4.50. The van der Waals surface area contributed by atoms with Crippen molar-refractivity contribution in [1.82, 2.24) is 14.9 Å². The van der Waals surface area contributed by atoms with E-state index in [0.717, 1.165) is 55.2 Å². The van der Waals surface area contributed by atoms with Gasteiger partial charge in [-0.15, -0.1) is 11.3 Å². The molecular formula is C22H31N3O4S3. The smallest absolute Gasteiger partial charge is 0.263 e. The predicted molar refractivity (Wildman–Crippen MR) is 131 cm³/mol. The first kappa shape index (κ1) is 23.8. The lowest BCUT2D eigenvalue weighted by Crippen LogP contribution is -2.47. The third-order valence-electron chi connectivity index (χ3n) is 6.30. The normalized spacial score (nSPS) is 22.2. The van der Waals surface area contributed by atoms with Crippen LogP contribution in [0, 0.1) is 0 Å². The van der Waals surface area contributed by atoms with Crippen molar-refractivity contribution in [2.24, 2.45) is 0 Å². The van der Waals surface area contributed by atoms with Gasteiger partial charge in [-0.25, -0.2) is 13.4 Å². The highest BCUT2D eigenvalue weighted by atomic mass is 32.2. The Bertz CT molecular complexity index is 1190. The van der Waals surface area contributed by atoms with Gasteiger partial charge in [0, 0.05) is 11.4 Å². The molecule has 1 saturated heterocycles. The van der Waals surface area contributed by atoms with Crippen LogP contribution < -0.4 is 10.9 Å². The molecule has 3 heterocycles. The summed E-state index contributed by atoms with van der Waals surface area (Å²) in [5, 5.41) is 4.25. The second-order valence-corrected chi connectivity index (χ2v) is 13.4. The molecule has 1 aliphatic heterocycles. The predicted octanol–water partition coefficient (Wildman–Crippen LogP) is 3.31. The topological polar surface area (TPSA) is 98.1 Å². The van der Waals surface area contributed by atoms with Gasteiger partial charge in [0.05, 0.1) is 28.2 Å². The van der Waals surface area contributed by atoms with E-state index in [1.54, 1.807) is 22.8 Å². The van der Waals surface area contributed by atoms with Crippen LogP contribution in [-0.4, -0.2) is 46.7 Å². The first-order chi connectivity index (χ1) is 15.2. The Balaban J connectivity index is 1.57. The number of hydrogen-bond acceptors (Lipinski definition) is 7. The van der Waals surface area contributed by atoms with E-state index in [4.69, 9.17) is 4.98 Å². The quantitative estimate of drug-likeness (QED) is 0.341. The summed E-state index contributed by atoms with van der Waals surface area (Å²) in [4.78, 5) is 33.0. The van der Waals surface area contributed by atoms with E-state index in [1.165, 1.54) is 22.2 Å². The summed E-state index contributed by atoms with van der Waals surface area (Å²) in [5.74, 6) is -0.0421. The molecule has 0 aromatic carbocycles. The number of nitrogens with one attached hydrogen (secondary N) is 1. The van der Waals surface area contributed by atoms with Crippen LogP contribution in [-0.2, 0) is 34.0 Å². The summed E-state index contributed by atoms with van der Waals surface area (Å²) in [6.07, 6.45) is 7.63. The molecule has 0 bridgehead atoms. The van der Waals surface area contributed by atoms with Crippen LogP contribution in [0.25, 0.3) is 10.2 Å². The second kappa shape index (κ2) is 9.46. The minimum Gasteiger partial charge on any atom is -0.349 e. The first-order valence-corrected chi connectivity index (χ1v) is 15.0. The van der Waals surface area contributed by atoms with Crippen LogP contribution in [0.3, 0.4) is 0 Å². The minimum atomic E-state index is -3.10. The van der Waals surface area contributed by atoms with Gasteiger partial charge in [0.25, 0.3) is 5.56 Å². The number of hydrogen-bond donors (Lipinski definition) is 1. The standard InChI is InChI=1S/C22H31N3O4S3/c1-3-4-7-11-25-20(27)18-15-8-5-6-9-16(15)31-19(18)23-21(25)30-13-17(26)24-22(2)10-12-32(28,29)14-22/h3-14H2,1-2H3,(H,24,26). The van der Waals surface area contributed by atoms with Gasteiger partial charge < -0.3 is 5.32 Å². The van der Waals surface area contributed by atoms with Crippen molar-refractivity contribution in [1.29, 1.82) is 0 Å². The van der Waals surface area contributed by atoms with Crippen molar-refractivity contribution in [3.05, 3.63) is 20.8 Å². The van der Waals surface area contributed by atoms with Gasteiger partial charge in [-0.05, 0) is 51.0 Å². The van der Waals surface area contributed by atoms with Crippen LogP contribution in [0.4, 0.5) is 0 Å². The molecule has 2 aromatic rings. The summed E-state index contributed by atoms with van der Waals surface area (Å²) in [5.41, 5.74) is 0.478. The molecule has 1 N–H and O–H groups in total. The van der Waals surface area contributed by atoms with Gasteiger partial charge in [0.2, 0.25) is 5.91 Å². The van der Waals surface area contributed by atoms with E-state index in [-0.39, 0.29) is 28.7 Å². The number of amides is 1. The Morgan fingerprint density at radius 3 is 2.78 bits per heavy atom. The highest BCUT2D eigenvalue weighted by Gasteiger charge is 2.39. The molecule has 176 valence electrons. The molecule has 2 aromatic heterocycles. The number of nitrogens with zero attached hydrogens (tertiary/aromatic N) is 2. The highest BCUT2D eigenvalue weighted by Crippen LogP contribution is 2.35. The molecule has 10 heteroatoms. The van der Waals surface area contributed by atoms with Crippen LogP contribution in [0.2, 0.25) is 0 Å². The average Bonchev–Trinajstić information content (AvgIpc) is 3.24. The fraction of sp³-hybridized carbons (Fsp3) is 0.682. The van der Waals surface area contributed by atoms with E-state index in [0.29, 0.717) is 18.1 Å². The lowest BCUT2D eigenvalue weighted by Gasteiger charge is -2.23. The van der Waals surface area contributed by atoms with Crippen molar-refractivity contribution in [3.8, 4) is 0 Å². The van der Waals surface area contributed by atoms with Crippen molar-refractivity contribution in [2.45, 2.75) is 82.5 Å². The molecule has 2 aliphatic rings. The molecule has 1 aliphatic carbocycles. The number of sulfone groups is 1. The number of thioether (sulfide) groups is 1. The number of carbonyl (C=O) groups is 1. The lowest BCUT2D eigenvalue weighted by molar-refractivity contribution is -0.120. The van der Waals surface area contributed by atoms with Gasteiger partial charge in [0.1, 0.15) is 4.83 Å². The molecule has 1 atom stereocenters. The number of fused-ring (bicyclic) bond motifs is 3. The molecule has 1 amide bonds. The van der Waals surface area contributed by atoms with E-state index < -0.39 is 15.4 Å². The Morgan fingerprint density at radius 2 is 2.06 bits per heavy atom. The van der Waals surface area contributed by atoms with Gasteiger partial charge in [-0.3, -0.25) is 14.2 Å². The molecule has 7 nitrogen and oxygen atoms in total. The van der Waals surface area contributed by atoms with Crippen molar-refractivity contribution < 1.29 is 13.2 Å². The van der Waals surface area contributed by atoms with E-state index in [1.807, 2.05) is 0 Å². The Labute approximate surface area is 197 Å². The zero-order valence-corrected chi connectivity index (χ0v) is 21.2. The molecular weight excluding hydrogens is 466 g/mol. The number of unbranched alkanes of at least 4 members (excludes halogenated alkanes) is 2. The zero-order valence-electron chi connectivity index (χ0n) is 18.7. The van der Waals surface area contributed by atoms with Crippen molar-refractivity contribution in [2.75, 3.05) is 17.3 Å². The maximum atomic E-state index is 13.5. The third-order valence-corrected chi connectivity index (χ3v) is 10.4. The molecule has 1 unspecified atom stereocenters. The number of carbonyl (C=O) groups excluding carboxylic acids is 1. The van der Waals surface area contributed by atoms with E-state index >= 15 is 0 Å². The number of aromatic nitrogens is 2. The van der Waals surface area contributed by atoms with Crippen molar-refractivity contribution in [3.63, 3.8) is 0 Å². The summed E-state index contributed by atoms with van der Waals surface area (Å²) >= 11 is 2.89. The first-order valence-electron chi connectivity index (χ1n) is 11.4. The van der Waals surface area contributed by atoms with Gasteiger partial charge in [-0.2, -0.15) is 0 Å². The van der Waals surface area contributed by atoms with Crippen molar-refractivity contribution >= 4 is 49.1 Å². The largest absolute Gasteiger partial charge is 0.349 e. The van der Waals surface area contributed by atoms with Gasteiger partial charge in [0.15, 0.2) is 15.0 Å². The second-order valence-electron chi connectivity index (χ2n) is 9.19. The Hall–Kier alpha value is -1.39. The van der Waals surface area contributed by atoms with Gasteiger partial charge >= 0.3 is 0 Å². The molecule has 32 heavy (non-hydrogen) atoms. The SMILES string of the molecule is CCCCCn1c(SCC(=O)NC2(C)CCS(=O)(=O)C2)nc2sc3c(c2c1=O)CCCC3. The van der Waals surface area contributed by atoms with Crippen LogP contribution >= 0.6 is 23.1 Å². The van der Waals surface area contributed by atoms with Crippen LogP contribution in [0.5, 0.6) is 0 Å². The monoisotopic (exact) mass is 497 g/mol. The maximum absolute atomic E-state index is 13.5. The summed E-state index contributed by atoms with van der Waals surface area (Å²) in [6, 6.07) is 0. The molecule has 0 radical (unpaired) electrons. The Kier molecular flexibility index (Phi) is 7.03. The minimum absolute atomic E-state index is 0.0160. The molecule has 0 spiro atoms. The third kappa shape index (κ3) is 5.07. The molecule has 0 saturated carbocycles. The molecule has 4 rings (SSSR count). The lowest BCUT2D eigenvalue weighted by atomic mass is 9.97. The van der Waals surface area contributed by atoms with Crippen LogP contribution in [0.1, 0.15) is 62.8 Å². The fourth-order valence-electron chi connectivity index (χ4n) is 4.66. The average molecular weight is 498 g/mol.